The summed E-state index contributed by atoms with van der Waals surface area (Å²) in [7, 11) is 0. The second kappa shape index (κ2) is 6.98. The van der Waals surface area contributed by atoms with E-state index < -0.39 is 0 Å². The Hall–Kier alpha value is -1.49. The number of aromatic nitrogens is 1. The number of nitrogens with one attached hydrogen (secondary N) is 1. The maximum Gasteiger partial charge on any atom is 0.119 e. The molecule has 2 heterocycles. The molecule has 1 atom stereocenters. The summed E-state index contributed by atoms with van der Waals surface area (Å²) in [5.41, 5.74) is 1.30. The molecule has 5 heteroatoms. The molecule has 0 amide bonds. The lowest BCUT2D eigenvalue weighted by molar-refractivity contribution is -0.0504. The molecule has 2 aromatic rings. The van der Waals surface area contributed by atoms with E-state index in [9.17, 15) is 0 Å². The Bertz CT molecular complexity index is 542. The zero-order valence-corrected chi connectivity index (χ0v) is 12.6. The topological polar surface area (TPSA) is 37.5 Å². The van der Waals surface area contributed by atoms with E-state index in [-0.39, 0.29) is 6.10 Å². The average Bonchev–Trinajstić information content (AvgIpc) is 3.00. The number of benzene rings is 1. The molecule has 112 valence electrons. The van der Waals surface area contributed by atoms with Crippen LogP contribution in [0.2, 0.25) is 5.02 Å². The first-order valence-electron chi connectivity index (χ1n) is 7.13. The smallest absolute Gasteiger partial charge is 0.119 e. The molecule has 1 aliphatic rings. The quantitative estimate of drug-likeness (QED) is 0.923. The maximum atomic E-state index is 5.86. The van der Waals surface area contributed by atoms with Crippen molar-refractivity contribution < 1.29 is 9.47 Å². The average molecular weight is 307 g/mol. The standard InChI is InChI=1S/C16H19ClN2O2/c17-14-1-3-15(4-2-14)21-12-16-11-19(7-8-20-16)10-13-5-6-18-9-13/h1-6,9,16,18H,7-8,10-12H2. The van der Waals surface area contributed by atoms with Crippen LogP contribution < -0.4 is 4.74 Å². The fourth-order valence-corrected chi connectivity index (χ4v) is 2.59. The van der Waals surface area contributed by atoms with Crippen molar-refractivity contribution in [3.8, 4) is 5.75 Å². The third-order valence-corrected chi connectivity index (χ3v) is 3.79. The van der Waals surface area contributed by atoms with Crippen LogP contribution in [0.3, 0.4) is 0 Å². The van der Waals surface area contributed by atoms with Gasteiger partial charge in [-0.2, -0.15) is 0 Å². The van der Waals surface area contributed by atoms with Crippen LogP contribution in [0.1, 0.15) is 5.56 Å². The van der Waals surface area contributed by atoms with E-state index in [1.165, 1.54) is 5.56 Å². The Morgan fingerprint density at radius 2 is 2.14 bits per heavy atom. The first-order chi connectivity index (χ1) is 10.3. The minimum Gasteiger partial charge on any atom is -0.491 e. The van der Waals surface area contributed by atoms with Gasteiger partial charge in [-0.15, -0.1) is 0 Å². The zero-order valence-electron chi connectivity index (χ0n) is 11.8. The molecule has 1 saturated heterocycles. The predicted octanol–water partition coefficient (Wildman–Crippen LogP) is 2.95. The molecular formula is C16H19ClN2O2. The van der Waals surface area contributed by atoms with Crippen molar-refractivity contribution in [2.45, 2.75) is 12.6 Å². The van der Waals surface area contributed by atoms with Crippen LogP contribution >= 0.6 is 11.6 Å². The van der Waals surface area contributed by atoms with Gasteiger partial charge < -0.3 is 14.5 Å². The van der Waals surface area contributed by atoms with E-state index in [1.807, 2.05) is 36.7 Å². The second-order valence-corrected chi connectivity index (χ2v) is 5.65. The van der Waals surface area contributed by atoms with Gasteiger partial charge in [-0.3, -0.25) is 4.90 Å². The lowest BCUT2D eigenvalue weighted by atomic mass is 10.2. The highest BCUT2D eigenvalue weighted by Gasteiger charge is 2.21. The van der Waals surface area contributed by atoms with E-state index in [4.69, 9.17) is 21.1 Å². The van der Waals surface area contributed by atoms with Gasteiger partial charge in [0.15, 0.2) is 0 Å². The van der Waals surface area contributed by atoms with Crippen molar-refractivity contribution in [3.63, 3.8) is 0 Å². The van der Waals surface area contributed by atoms with Gasteiger partial charge in [0.1, 0.15) is 18.5 Å². The number of hydrogen-bond acceptors (Lipinski definition) is 3. The second-order valence-electron chi connectivity index (χ2n) is 5.21. The van der Waals surface area contributed by atoms with Gasteiger partial charge in [-0.1, -0.05) is 11.6 Å². The largest absolute Gasteiger partial charge is 0.491 e. The Morgan fingerprint density at radius 3 is 2.90 bits per heavy atom. The minimum absolute atomic E-state index is 0.105. The van der Waals surface area contributed by atoms with Crippen molar-refractivity contribution in [3.05, 3.63) is 53.3 Å². The van der Waals surface area contributed by atoms with Gasteiger partial charge in [0, 0.05) is 37.1 Å². The van der Waals surface area contributed by atoms with E-state index in [0.29, 0.717) is 11.6 Å². The van der Waals surface area contributed by atoms with Gasteiger partial charge in [0.25, 0.3) is 0 Å². The summed E-state index contributed by atoms with van der Waals surface area (Å²) in [6.07, 6.45) is 4.10. The lowest BCUT2D eigenvalue weighted by Gasteiger charge is -2.32. The van der Waals surface area contributed by atoms with Gasteiger partial charge in [0.2, 0.25) is 0 Å². The minimum atomic E-state index is 0.105. The van der Waals surface area contributed by atoms with E-state index in [1.54, 1.807) is 0 Å². The third kappa shape index (κ3) is 4.24. The van der Waals surface area contributed by atoms with Gasteiger partial charge in [-0.25, -0.2) is 0 Å². The Balaban J connectivity index is 1.48. The number of aromatic amines is 1. The fourth-order valence-electron chi connectivity index (χ4n) is 2.46. The highest BCUT2D eigenvalue weighted by Crippen LogP contribution is 2.17. The summed E-state index contributed by atoms with van der Waals surface area (Å²) in [6.45, 7) is 4.11. The van der Waals surface area contributed by atoms with E-state index in [0.717, 1.165) is 32.0 Å². The van der Waals surface area contributed by atoms with Gasteiger partial charge in [-0.05, 0) is 35.9 Å². The summed E-state index contributed by atoms with van der Waals surface area (Å²) in [4.78, 5) is 5.48. The SMILES string of the molecule is Clc1ccc(OCC2CN(Cc3cc[nH]c3)CCO2)cc1. The van der Waals surface area contributed by atoms with Crippen molar-refractivity contribution >= 4 is 11.6 Å². The molecule has 4 nitrogen and oxygen atoms in total. The Kier molecular flexibility index (Phi) is 4.80. The molecule has 0 bridgehead atoms. The van der Waals surface area contributed by atoms with Gasteiger partial charge in [0.05, 0.1) is 6.61 Å². The van der Waals surface area contributed by atoms with Crippen LogP contribution in [0.5, 0.6) is 5.75 Å². The first kappa shape index (κ1) is 14.4. The maximum absolute atomic E-state index is 5.86. The van der Waals surface area contributed by atoms with Crippen molar-refractivity contribution in [2.75, 3.05) is 26.3 Å². The molecule has 0 aliphatic carbocycles. The third-order valence-electron chi connectivity index (χ3n) is 3.54. The molecule has 0 radical (unpaired) electrons. The molecule has 1 fully saturated rings. The molecule has 3 rings (SSSR count). The van der Waals surface area contributed by atoms with Crippen molar-refractivity contribution in [1.82, 2.24) is 9.88 Å². The zero-order chi connectivity index (χ0) is 14.5. The molecule has 1 aliphatic heterocycles. The number of hydrogen-bond donors (Lipinski definition) is 1. The number of nitrogens with zero attached hydrogens (tertiary/aromatic N) is 1. The number of ether oxygens (including phenoxy) is 2. The first-order valence-corrected chi connectivity index (χ1v) is 7.51. The highest BCUT2D eigenvalue weighted by atomic mass is 35.5. The van der Waals surface area contributed by atoms with Crippen LogP contribution in [-0.2, 0) is 11.3 Å². The summed E-state index contributed by atoms with van der Waals surface area (Å²) < 4.78 is 11.5. The predicted molar refractivity (Wildman–Crippen MR) is 82.8 cm³/mol. The summed E-state index contributed by atoms with van der Waals surface area (Å²) >= 11 is 5.86. The van der Waals surface area contributed by atoms with E-state index in [2.05, 4.69) is 16.0 Å². The molecular weight excluding hydrogens is 288 g/mol. The van der Waals surface area contributed by atoms with Crippen LogP contribution in [-0.4, -0.2) is 42.3 Å². The summed E-state index contributed by atoms with van der Waals surface area (Å²) in [5, 5.41) is 0.717. The van der Waals surface area contributed by atoms with Crippen LogP contribution in [0, 0.1) is 0 Å². The normalized spacial score (nSPS) is 19.6. The summed E-state index contributed by atoms with van der Waals surface area (Å²) in [6, 6.07) is 9.52. The van der Waals surface area contributed by atoms with Crippen molar-refractivity contribution in [1.29, 1.82) is 0 Å². The Morgan fingerprint density at radius 1 is 1.29 bits per heavy atom. The number of rotatable bonds is 5. The van der Waals surface area contributed by atoms with Gasteiger partial charge >= 0.3 is 0 Å². The number of H-pyrrole nitrogens is 1. The fraction of sp³-hybridized carbons (Fsp3) is 0.375. The molecule has 21 heavy (non-hydrogen) atoms. The van der Waals surface area contributed by atoms with Crippen LogP contribution in [0.25, 0.3) is 0 Å². The monoisotopic (exact) mass is 306 g/mol. The molecule has 1 aromatic carbocycles. The summed E-state index contributed by atoms with van der Waals surface area (Å²) in [5.74, 6) is 0.825. The number of halogens is 1. The number of morpholine rings is 1. The van der Waals surface area contributed by atoms with Crippen LogP contribution in [0.15, 0.2) is 42.7 Å². The Labute approximate surface area is 129 Å². The van der Waals surface area contributed by atoms with Crippen molar-refractivity contribution in [2.24, 2.45) is 0 Å². The molecule has 1 unspecified atom stereocenters. The molecule has 1 N–H and O–H groups in total. The van der Waals surface area contributed by atoms with E-state index >= 15 is 0 Å². The molecule has 0 saturated carbocycles. The highest BCUT2D eigenvalue weighted by molar-refractivity contribution is 6.30. The molecule has 1 aromatic heterocycles. The molecule has 0 spiro atoms. The van der Waals surface area contributed by atoms with Crippen LogP contribution in [0.4, 0.5) is 0 Å². The lowest BCUT2D eigenvalue weighted by Crippen LogP contribution is -2.44.